The van der Waals surface area contributed by atoms with E-state index in [2.05, 4.69) is 4.74 Å². The number of hydrogen-bond donors (Lipinski definition) is 0. The number of carbonyl (C=O) groups is 1. The molecule has 0 amide bonds. The molecule has 1 aromatic rings. The quantitative estimate of drug-likeness (QED) is 0.573. The third-order valence-electron chi connectivity index (χ3n) is 1.46. The summed E-state index contributed by atoms with van der Waals surface area (Å²) >= 11 is 5.43. The molecule has 76 valence electrons. The van der Waals surface area contributed by atoms with Crippen molar-refractivity contribution in [1.82, 2.24) is 0 Å². The van der Waals surface area contributed by atoms with Crippen LogP contribution in [0.5, 0.6) is 0 Å². The Morgan fingerprint density at radius 3 is 2.64 bits per heavy atom. The summed E-state index contributed by atoms with van der Waals surface area (Å²) < 4.78 is 9.37. The number of halogens is 1. The third kappa shape index (κ3) is 4.14. The van der Waals surface area contributed by atoms with Crippen LogP contribution in [-0.4, -0.2) is 11.7 Å². The number of hydrogen-bond acceptors (Lipinski definition) is 3. The molecular weight excluding hydrogens is 204 g/mol. The van der Waals surface area contributed by atoms with Gasteiger partial charge in [-0.25, -0.2) is 4.79 Å². The Hall–Kier alpha value is -1.22. The van der Waals surface area contributed by atoms with Crippen LogP contribution in [0, 0.1) is 0 Å². The van der Waals surface area contributed by atoms with Crippen LogP contribution in [0.3, 0.4) is 0 Å². The zero-order chi connectivity index (χ0) is 10.4. The lowest BCUT2D eigenvalue weighted by Crippen LogP contribution is -2.11. The van der Waals surface area contributed by atoms with Gasteiger partial charge in [0.1, 0.15) is 6.61 Å². The molecule has 0 fully saturated rings. The van der Waals surface area contributed by atoms with Crippen LogP contribution < -0.4 is 0 Å². The van der Waals surface area contributed by atoms with Crippen molar-refractivity contribution in [2.75, 3.05) is 0 Å². The van der Waals surface area contributed by atoms with E-state index in [0.29, 0.717) is 0 Å². The van der Waals surface area contributed by atoms with E-state index in [4.69, 9.17) is 16.3 Å². The highest BCUT2D eigenvalue weighted by Crippen LogP contribution is 2.03. The smallest absolute Gasteiger partial charge is 0.429 e. The van der Waals surface area contributed by atoms with Gasteiger partial charge in [-0.1, -0.05) is 41.9 Å². The summed E-state index contributed by atoms with van der Waals surface area (Å²) in [6, 6.07) is 9.35. The maximum absolute atomic E-state index is 10.9. The summed E-state index contributed by atoms with van der Waals surface area (Å²) in [5, 5.41) is 0. The maximum atomic E-state index is 10.9. The molecule has 0 unspecified atom stereocenters. The normalized spacial score (nSPS) is 11.9. The Labute approximate surface area is 87.6 Å². The Morgan fingerprint density at radius 2 is 2.07 bits per heavy atom. The topological polar surface area (TPSA) is 35.5 Å². The lowest BCUT2D eigenvalue weighted by atomic mass is 10.2. The fourth-order valence-electron chi connectivity index (χ4n) is 0.883. The predicted molar refractivity (Wildman–Crippen MR) is 53.0 cm³/mol. The monoisotopic (exact) mass is 214 g/mol. The molecule has 0 aliphatic carbocycles. The van der Waals surface area contributed by atoms with E-state index >= 15 is 0 Å². The van der Waals surface area contributed by atoms with Crippen LogP contribution >= 0.6 is 11.6 Å². The van der Waals surface area contributed by atoms with Gasteiger partial charge in [0, 0.05) is 0 Å². The molecule has 0 radical (unpaired) electrons. The highest BCUT2D eigenvalue weighted by atomic mass is 35.5. The molecule has 14 heavy (non-hydrogen) atoms. The van der Waals surface area contributed by atoms with Crippen LogP contribution in [0.4, 0.5) is 4.79 Å². The number of carbonyl (C=O) groups excluding carboxylic acids is 1. The van der Waals surface area contributed by atoms with Crippen molar-refractivity contribution in [1.29, 1.82) is 0 Å². The number of alkyl halides is 1. The van der Waals surface area contributed by atoms with Crippen molar-refractivity contribution in [3.63, 3.8) is 0 Å². The number of ether oxygens (including phenoxy) is 2. The molecule has 0 N–H and O–H groups in total. The highest BCUT2D eigenvalue weighted by molar-refractivity contribution is 6.19. The van der Waals surface area contributed by atoms with E-state index in [1.54, 1.807) is 6.92 Å². The van der Waals surface area contributed by atoms with Gasteiger partial charge in [0.05, 0.1) is 0 Å². The molecule has 0 heterocycles. The molecule has 1 aromatic carbocycles. The van der Waals surface area contributed by atoms with Gasteiger partial charge in [-0.3, -0.25) is 0 Å². The number of rotatable bonds is 3. The molecule has 0 aliphatic rings. The molecule has 4 heteroatoms. The Kier molecular flexibility index (Phi) is 4.26. The third-order valence-corrected chi connectivity index (χ3v) is 1.55. The minimum atomic E-state index is -0.753. The molecular formula is C10H11ClO3. The van der Waals surface area contributed by atoms with Crippen LogP contribution in [0.1, 0.15) is 12.5 Å². The first-order valence-electron chi connectivity index (χ1n) is 4.20. The molecule has 0 saturated carbocycles. The average molecular weight is 215 g/mol. The summed E-state index contributed by atoms with van der Waals surface area (Å²) in [5.41, 5.74) is 0.241. The molecule has 3 nitrogen and oxygen atoms in total. The average Bonchev–Trinajstić information content (AvgIpc) is 2.15. The Bertz CT molecular complexity index is 285. The minimum Gasteiger partial charge on any atom is -0.429 e. The molecule has 0 saturated heterocycles. The predicted octanol–water partition coefficient (Wildman–Crippen LogP) is 2.92. The molecule has 0 aromatic heterocycles. The van der Waals surface area contributed by atoms with Gasteiger partial charge in [-0.2, -0.15) is 0 Å². The first kappa shape index (κ1) is 10.9. The Balaban J connectivity index is 2.31. The van der Waals surface area contributed by atoms with Crippen LogP contribution in [-0.2, 0) is 16.1 Å². The van der Waals surface area contributed by atoms with E-state index < -0.39 is 11.7 Å². The van der Waals surface area contributed by atoms with Crippen LogP contribution in [0.2, 0.25) is 0 Å². The van der Waals surface area contributed by atoms with Gasteiger partial charge in [-0.15, -0.1) is 0 Å². The van der Waals surface area contributed by atoms with Crippen molar-refractivity contribution in [3.8, 4) is 0 Å². The second-order valence-corrected chi connectivity index (χ2v) is 3.30. The largest absolute Gasteiger partial charge is 0.510 e. The summed E-state index contributed by atoms with van der Waals surface area (Å²) in [6.45, 7) is 1.74. The zero-order valence-corrected chi connectivity index (χ0v) is 8.53. The lowest BCUT2D eigenvalue weighted by Gasteiger charge is -2.06. The fraction of sp³-hybridized carbons (Fsp3) is 0.300. The second-order valence-electron chi connectivity index (χ2n) is 2.69. The van der Waals surface area contributed by atoms with Gasteiger partial charge >= 0.3 is 6.16 Å². The molecule has 1 atom stereocenters. The van der Waals surface area contributed by atoms with Gasteiger partial charge in [0.2, 0.25) is 0 Å². The van der Waals surface area contributed by atoms with Crippen molar-refractivity contribution < 1.29 is 14.3 Å². The van der Waals surface area contributed by atoms with E-state index in [-0.39, 0.29) is 6.61 Å². The van der Waals surface area contributed by atoms with Crippen molar-refractivity contribution in [3.05, 3.63) is 35.9 Å². The molecule has 0 aliphatic heterocycles. The van der Waals surface area contributed by atoms with Crippen LogP contribution in [0.15, 0.2) is 30.3 Å². The standard InChI is InChI=1S/C10H11ClO3/c1-8(11)14-10(12)13-7-9-5-3-2-4-6-9/h2-6,8H,7H2,1H3/t8-/m0/s1. The summed E-state index contributed by atoms with van der Waals surface area (Å²) in [5.74, 6) is 0. The fourth-order valence-corrected chi connectivity index (χ4v) is 0.956. The van der Waals surface area contributed by atoms with E-state index in [9.17, 15) is 4.79 Å². The van der Waals surface area contributed by atoms with Crippen molar-refractivity contribution in [2.24, 2.45) is 0 Å². The Morgan fingerprint density at radius 1 is 1.43 bits per heavy atom. The number of benzene rings is 1. The van der Waals surface area contributed by atoms with Crippen molar-refractivity contribution >= 4 is 17.8 Å². The lowest BCUT2D eigenvalue weighted by molar-refractivity contribution is 0.0445. The molecule has 1 rings (SSSR count). The van der Waals surface area contributed by atoms with Gasteiger partial charge in [-0.05, 0) is 12.5 Å². The summed E-state index contributed by atoms with van der Waals surface area (Å²) in [4.78, 5) is 10.9. The highest BCUT2D eigenvalue weighted by Gasteiger charge is 2.07. The second kappa shape index (κ2) is 5.50. The molecule has 0 spiro atoms. The first-order valence-corrected chi connectivity index (χ1v) is 4.63. The summed E-state index contributed by atoms with van der Waals surface area (Å²) in [6.07, 6.45) is -0.753. The van der Waals surface area contributed by atoms with Crippen LogP contribution in [0.25, 0.3) is 0 Å². The maximum Gasteiger partial charge on any atom is 0.510 e. The summed E-state index contributed by atoms with van der Waals surface area (Å²) in [7, 11) is 0. The van der Waals surface area contributed by atoms with E-state index in [0.717, 1.165) is 5.56 Å². The SMILES string of the molecule is C[C@@H](Cl)OC(=O)OCc1ccccc1. The van der Waals surface area contributed by atoms with Gasteiger partial charge in [0.15, 0.2) is 5.56 Å². The zero-order valence-electron chi connectivity index (χ0n) is 7.77. The van der Waals surface area contributed by atoms with Gasteiger partial charge < -0.3 is 9.47 Å². The van der Waals surface area contributed by atoms with Crippen molar-refractivity contribution in [2.45, 2.75) is 19.1 Å². The minimum absolute atomic E-state index is 0.198. The van der Waals surface area contributed by atoms with E-state index in [1.165, 1.54) is 0 Å². The first-order chi connectivity index (χ1) is 6.68. The molecule has 0 bridgehead atoms. The van der Waals surface area contributed by atoms with E-state index in [1.807, 2.05) is 30.3 Å². The van der Waals surface area contributed by atoms with Gasteiger partial charge in [0.25, 0.3) is 0 Å².